The van der Waals surface area contributed by atoms with Crippen LogP contribution >= 0.6 is 12.2 Å². The summed E-state index contributed by atoms with van der Waals surface area (Å²) >= 11 is 5.49. The number of hydrogen-bond donors (Lipinski definition) is 1. The van der Waals surface area contributed by atoms with E-state index in [0.717, 1.165) is 30.0 Å². The zero-order valence-electron chi connectivity index (χ0n) is 14.6. The van der Waals surface area contributed by atoms with Crippen LogP contribution in [-0.4, -0.2) is 36.2 Å². The van der Waals surface area contributed by atoms with E-state index in [4.69, 9.17) is 21.7 Å². The van der Waals surface area contributed by atoms with Crippen LogP contribution in [0.2, 0.25) is 0 Å². The minimum atomic E-state index is -0.345. The van der Waals surface area contributed by atoms with Crippen LogP contribution in [0.3, 0.4) is 0 Å². The molecule has 6 heteroatoms. The molecular formula is C18H24N2O3S. The predicted octanol–water partition coefficient (Wildman–Crippen LogP) is 3.17. The molecule has 1 aliphatic rings. The van der Waals surface area contributed by atoms with Crippen molar-refractivity contribution in [2.24, 2.45) is 0 Å². The number of thiocarbonyl (C=S) groups is 1. The molecule has 24 heavy (non-hydrogen) atoms. The molecule has 0 aromatic heterocycles. The molecule has 0 saturated carbocycles. The van der Waals surface area contributed by atoms with E-state index >= 15 is 0 Å². The molecule has 0 saturated heterocycles. The van der Waals surface area contributed by atoms with Gasteiger partial charge in [-0.15, -0.1) is 0 Å². The van der Waals surface area contributed by atoms with Gasteiger partial charge in [-0.3, -0.25) is 0 Å². The third kappa shape index (κ3) is 3.70. The number of nitrogens with zero attached hydrogens (tertiary/aromatic N) is 1. The van der Waals surface area contributed by atoms with Gasteiger partial charge in [0, 0.05) is 12.2 Å². The van der Waals surface area contributed by atoms with E-state index in [-0.39, 0.29) is 12.0 Å². The monoisotopic (exact) mass is 348 g/mol. The second-order valence-electron chi connectivity index (χ2n) is 5.53. The summed E-state index contributed by atoms with van der Waals surface area (Å²) in [7, 11) is 1.40. The smallest absolute Gasteiger partial charge is 0.337 e. The fourth-order valence-corrected chi connectivity index (χ4v) is 3.17. The van der Waals surface area contributed by atoms with Crippen LogP contribution < -0.4 is 10.1 Å². The van der Waals surface area contributed by atoms with Crippen molar-refractivity contribution in [3.63, 3.8) is 0 Å². The second kappa shape index (κ2) is 8.15. The van der Waals surface area contributed by atoms with Crippen molar-refractivity contribution in [3.05, 3.63) is 41.1 Å². The number of allylic oxidation sites excluding steroid dienone is 1. The Bertz CT molecular complexity index is 640. The number of ether oxygens (including phenoxy) is 2. The van der Waals surface area contributed by atoms with Gasteiger partial charge in [0.15, 0.2) is 5.11 Å². The first-order chi connectivity index (χ1) is 11.5. The Balaban J connectivity index is 2.43. The predicted molar refractivity (Wildman–Crippen MR) is 97.8 cm³/mol. The molecule has 1 aliphatic heterocycles. The lowest BCUT2D eigenvalue weighted by Gasteiger charge is -2.37. The summed E-state index contributed by atoms with van der Waals surface area (Å²) < 4.78 is 10.5. The van der Waals surface area contributed by atoms with Crippen LogP contribution in [0.5, 0.6) is 5.75 Å². The Morgan fingerprint density at radius 3 is 2.50 bits per heavy atom. The number of methoxy groups -OCH3 is 1. The Hall–Kier alpha value is -2.08. The molecule has 0 amide bonds. The molecule has 0 spiro atoms. The average molecular weight is 348 g/mol. The minimum absolute atomic E-state index is 0.325. The topological polar surface area (TPSA) is 50.8 Å². The molecule has 0 radical (unpaired) electrons. The standard InChI is InChI=1S/C18H24N2O3S/c1-5-11-20-12(3)15(17(21)22-4)16(19-18(20)24)13-7-9-14(10-8-13)23-6-2/h7-10,16H,5-6,11H2,1-4H3,(H,19,24). The van der Waals surface area contributed by atoms with Crippen molar-refractivity contribution in [2.45, 2.75) is 33.2 Å². The molecule has 5 nitrogen and oxygen atoms in total. The molecular weight excluding hydrogens is 324 g/mol. The van der Waals surface area contributed by atoms with Crippen molar-refractivity contribution in [1.29, 1.82) is 0 Å². The molecule has 1 atom stereocenters. The van der Waals surface area contributed by atoms with Crippen molar-refractivity contribution in [2.75, 3.05) is 20.3 Å². The molecule has 0 aliphatic carbocycles. The van der Waals surface area contributed by atoms with Crippen LogP contribution in [0.4, 0.5) is 0 Å². The lowest BCUT2D eigenvalue weighted by atomic mass is 9.95. The molecule has 0 bridgehead atoms. The number of benzene rings is 1. The van der Waals surface area contributed by atoms with Crippen LogP contribution in [0.15, 0.2) is 35.5 Å². The van der Waals surface area contributed by atoms with Crippen LogP contribution in [0.25, 0.3) is 0 Å². The van der Waals surface area contributed by atoms with Crippen molar-refractivity contribution < 1.29 is 14.3 Å². The van der Waals surface area contributed by atoms with E-state index in [1.807, 2.05) is 43.0 Å². The SMILES string of the molecule is CCCN1C(=S)NC(c2ccc(OCC)cc2)C(C(=O)OC)=C1C. The highest BCUT2D eigenvalue weighted by atomic mass is 32.1. The third-order valence-electron chi connectivity index (χ3n) is 3.97. The Kier molecular flexibility index (Phi) is 6.20. The van der Waals surface area contributed by atoms with Gasteiger partial charge in [0.25, 0.3) is 0 Å². The minimum Gasteiger partial charge on any atom is -0.494 e. The second-order valence-corrected chi connectivity index (χ2v) is 5.91. The van der Waals surface area contributed by atoms with Gasteiger partial charge in [-0.1, -0.05) is 19.1 Å². The number of carbonyl (C=O) groups excluding carboxylic acids is 1. The highest BCUT2D eigenvalue weighted by Crippen LogP contribution is 2.32. The van der Waals surface area contributed by atoms with E-state index in [9.17, 15) is 4.79 Å². The third-order valence-corrected chi connectivity index (χ3v) is 4.31. The van der Waals surface area contributed by atoms with E-state index in [1.165, 1.54) is 7.11 Å². The van der Waals surface area contributed by atoms with Gasteiger partial charge in [0.2, 0.25) is 0 Å². The van der Waals surface area contributed by atoms with Gasteiger partial charge in [-0.05, 0) is 50.2 Å². The quantitative estimate of drug-likeness (QED) is 0.629. The fourth-order valence-electron chi connectivity index (χ4n) is 2.82. The maximum absolute atomic E-state index is 12.4. The number of hydrogen-bond acceptors (Lipinski definition) is 4. The zero-order chi connectivity index (χ0) is 17.7. The van der Waals surface area contributed by atoms with Gasteiger partial charge in [-0.25, -0.2) is 4.79 Å². The lowest BCUT2D eigenvalue weighted by molar-refractivity contribution is -0.136. The Morgan fingerprint density at radius 1 is 1.29 bits per heavy atom. The number of carbonyl (C=O) groups is 1. The summed E-state index contributed by atoms with van der Waals surface area (Å²) in [4.78, 5) is 14.3. The summed E-state index contributed by atoms with van der Waals surface area (Å²) in [6.07, 6.45) is 0.932. The maximum atomic E-state index is 12.4. The zero-order valence-corrected chi connectivity index (χ0v) is 15.4. The summed E-state index contributed by atoms with van der Waals surface area (Å²) in [5, 5.41) is 3.90. The highest BCUT2D eigenvalue weighted by molar-refractivity contribution is 7.80. The molecule has 1 unspecified atom stereocenters. The number of esters is 1. The van der Waals surface area contributed by atoms with Crippen molar-refractivity contribution in [1.82, 2.24) is 10.2 Å². The first-order valence-electron chi connectivity index (χ1n) is 8.13. The largest absolute Gasteiger partial charge is 0.494 e. The molecule has 130 valence electrons. The molecule has 1 aromatic carbocycles. The first kappa shape index (κ1) is 18.3. The Labute approximate surface area is 148 Å². The molecule has 1 heterocycles. The van der Waals surface area contributed by atoms with Gasteiger partial charge in [0.1, 0.15) is 5.75 Å². The summed E-state index contributed by atoms with van der Waals surface area (Å²) in [5.41, 5.74) is 2.37. The summed E-state index contributed by atoms with van der Waals surface area (Å²) in [6, 6.07) is 7.35. The normalized spacial score (nSPS) is 17.6. The van der Waals surface area contributed by atoms with Crippen molar-refractivity contribution >= 4 is 23.3 Å². The molecule has 1 N–H and O–H groups in total. The first-order valence-corrected chi connectivity index (χ1v) is 8.54. The van der Waals surface area contributed by atoms with Crippen LogP contribution in [-0.2, 0) is 9.53 Å². The van der Waals surface area contributed by atoms with Gasteiger partial charge in [0.05, 0.1) is 25.3 Å². The summed E-state index contributed by atoms with van der Waals surface area (Å²) in [5.74, 6) is 0.454. The molecule has 2 rings (SSSR count). The lowest BCUT2D eigenvalue weighted by Crippen LogP contribution is -2.48. The fraction of sp³-hybridized carbons (Fsp3) is 0.444. The van der Waals surface area contributed by atoms with Gasteiger partial charge < -0.3 is 19.7 Å². The average Bonchev–Trinajstić information content (AvgIpc) is 2.58. The number of nitrogens with one attached hydrogen (secondary N) is 1. The van der Waals surface area contributed by atoms with E-state index in [1.54, 1.807) is 0 Å². The maximum Gasteiger partial charge on any atom is 0.337 e. The highest BCUT2D eigenvalue weighted by Gasteiger charge is 2.34. The van der Waals surface area contributed by atoms with Gasteiger partial charge >= 0.3 is 5.97 Å². The van der Waals surface area contributed by atoms with E-state index in [0.29, 0.717) is 17.3 Å². The van der Waals surface area contributed by atoms with Crippen LogP contribution in [0.1, 0.15) is 38.8 Å². The molecule has 0 fully saturated rings. The number of rotatable bonds is 6. The summed E-state index contributed by atoms with van der Waals surface area (Å²) in [6.45, 7) is 7.30. The van der Waals surface area contributed by atoms with E-state index in [2.05, 4.69) is 12.2 Å². The van der Waals surface area contributed by atoms with Gasteiger partial charge in [-0.2, -0.15) is 0 Å². The van der Waals surface area contributed by atoms with E-state index < -0.39 is 0 Å². The van der Waals surface area contributed by atoms with Crippen molar-refractivity contribution in [3.8, 4) is 5.75 Å². The molecule has 1 aromatic rings. The Morgan fingerprint density at radius 2 is 1.96 bits per heavy atom. The van der Waals surface area contributed by atoms with Crippen LogP contribution in [0, 0.1) is 0 Å².